The number of nitrogens with zero attached hydrogens (tertiary/aromatic N) is 1. The van der Waals surface area contributed by atoms with Gasteiger partial charge in [-0.25, -0.2) is 4.39 Å². The molecule has 0 radical (unpaired) electrons. The monoisotopic (exact) mass is 300 g/mol. The molecule has 0 saturated carbocycles. The van der Waals surface area contributed by atoms with E-state index in [2.05, 4.69) is 0 Å². The molecule has 2 aromatic carbocycles. The Morgan fingerprint density at radius 3 is 2.45 bits per heavy atom. The van der Waals surface area contributed by atoms with Gasteiger partial charge in [0.15, 0.2) is 0 Å². The molecule has 0 spiro atoms. The number of amides is 1. The normalized spacial score (nSPS) is 13.5. The first-order valence-electron chi connectivity index (χ1n) is 7.33. The van der Waals surface area contributed by atoms with Crippen LogP contribution in [-0.4, -0.2) is 17.4 Å². The number of carbonyl (C=O) groups is 1. The van der Waals surface area contributed by atoms with Crippen molar-refractivity contribution < 1.29 is 9.18 Å². The molecule has 1 atom stereocenters. The quantitative estimate of drug-likeness (QED) is 0.922. The first kappa shape index (κ1) is 16.2. The minimum Gasteiger partial charge on any atom is -0.337 e. The highest BCUT2D eigenvalue weighted by Gasteiger charge is 2.33. The van der Waals surface area contributed by atoms with E-state index < -0.39 is 5.54 Å². The summed E-state index contributed by atoms with van der Waals surface area (Å²) in [5.41, 5.74) is 6.68. The molecule has 0 heterocycles. The van der Waals surface area contributed by atoms with E-state index in [0.717, 1.165) is 11.1 Å². The van der Waals surface area contributed by atoms with Crippen LogP contribution in [0.15, 0.2) is 54.6 Å². The molecule has 1 unspecified atom stereocenters. The Balaban J connectivity index is 2.21. The highest BCUT2D eigenvalue weighted by atomic mass is 19.1. The highest BCUT2D eigenvalue weighted by Crippen LogP contribution is 2.21. The predicted molar refractivity (Wildman–Crippen MR) is 85.5 cm³/mol. The minimum atomic E-state index is -1.11. The predicted octanol–water partition coefficient (Wildman–Crippen LogP) is 3.05. The van der Waals surface area contributed by atoms with Crippen LogP contribution in [-0.2, 0) is 16.9 Å². The summed E-state index contributed by atoms with van der Waals surface area (Å²) in [7, 11) is 0. The van der Waals surface area contributed by atoms with Gasteiger partial charge in [0.25, 0.3) is 0 Å². The second kappa shape index (κ2) is 6.71. The fourth-order valence-electron chi connectivity index (χ4n) is 2.42. The molecule has 0 aliphatic rings. The molecule has 2 aromatic rings. The zero-order valence-electron chi connectivity index (χ0n) is 12.9. The number of benzene rings is 2. The Kier molecular flexibility index (Phi) is 4.93. The fourth-order valence-corrected chi connectivity index (χ4v) is 2.42. The minimum absolute atomic E-state index is 0.175. The largest absolute Gasteiger partial charge is 0.337 e. The summed E-state index contributed by atoms with van der Waals surface area (Å²) in [5, 5.41) is 0. The van der Waals surface area contributed by atoms with E-state index in [-0.39, 0.29) is 11.7 Å². The Hall–Kier alpha value is -2.20. The average Bonchev–Trinajstić information content (AvgIpc) is 2.53. The Bertz CT molecular complexity index is 641. The van der Waals surface area contributed by atoms with Crippen molar-refractivity contribution in [1.29, 1.82) is 0 Å². The van der Waals surface area contributed by atoms with Gasteiger partial charge in [-0.2, -0.15) is 0 Å². The summed E-state index contributed by atoms with van der Waals surface area (Å²) in [6.45, 7) is 4.44. The van der Waals surface area contributed by atoms with Crippen LogP contribution in [0.1, 0.15) is 25.0 Å². The molecule has 4 heteroatoms. The van der Waals surface area contributed by atoms with Gasteiger partial charge in [-0.3, -0.25) is 4.79 Å². The van der Waals surface area contributed by atoms with Crippen molar-refractivity contribution >= 4 is 5.91 Å². The fraction of sp³-hybridized carbons (Fsp3) is 0.278. The van der Waals surface area contributed by atoms with Crippen LogP contribution in [0.5, 0.6) is 0 Å². The van der Waals surface area contributed by atoms with Crippen molar-refractivity contribution in [3.05, 3.63) is 71.5 Å². The van der Waals surface area contributed by atoms with Crippen LogP contribution in [0.25, 0.3) is 0 Å². The van der Waals surface area contributed by atoms with Gasteiger partial charge in [0.05, 0.1) is 0 Å². The molecule has 0 aliphatic carbocycles. The van der Waals surface area contributed by atoms with E-state index in [0.29, 0.717) is 13.1 Å². The molecule has 0 aromatic heterocycles. The second-order valence-electron chi connectivity index (χ2n) is 5.52. The van der Waals surface area contributed by atoms with E-state index >= 15 is 0 Å². The molecule has 2 N–H and O–H groups in total. The molecule has 0 aliphatic heterocycles. The standard InChI is InChI=1S/C18H21FN2O/c1-3-21(13-14-8-7-11-16(19)12-14)17(22)18(2,20)15-9-5-4-6-10-15/h4-12H,3,13,20H2,1-2H3. The number of carbonyl (C=O) groups excluding carboxylic acids is 1. The summed E-state index contributed by atoms with van der Waals surface area (Å²) < 4.78 is 13.3. The van der Waals surface area contributed by atoms with Gasteiger partial charge in [0.1, 0.15) is 11.4 Å². The van der Waals surface area contributed by atoms with Crippen LogP contribution in [0.3, 0.4) is 0 Å². The molecule has 0 bridgehead atoms. The summed E-state index contributed by atoms with van der Waals surface area (Å²) in [6, 6.07) is 15.5. The van der Waals surface area contributed by atoms with Crippen molar-refractivity contribution in [1.82, 2.24) is 4.90 Å². The lowest BCUT2D eigenvalue weighted by atomic mass is 9.91. The van der Waals surface area contributed by atoms with Gasteiger partial charge in [-0.1, -0.05) is 42.5 Å². The number of nitrogens with two attached hydrogens (primary N) is 1. The van der Waals surface area contributed by atoms with Crippen molar-refractivity contribution in [2.75, 3.05) is 6.54 Å². The van der Waals surface area contributed by atoms with Crippen LogP contribution in [0.4, 0.5) is 4.39 Å². The van der Waals surface area contributed by atoms with E-state index in [9.17, 15) is 9.18 Å². The molecule has 116 valence electrons. The number of rotatable bonds is 5. The van der Waals surface area contributed by atoms with Crippen molar-refractivity contribution in [2.24, 2.45) is 5.73 Å². The molecule has 3 nitrogen and oxygen atoms in total. The summed E-state index contributed by atoms with van der Waals surface area (Å²) >= 11 is 0. The summed E-state index contributed by atoms with van der Waals surface area (Å²) in [4.78, 5) is 14.4. The van der Waals surface area contributed by atoms with Crippen molar-refractivity contribution in [3.63, 3.8) is 0 Å². The van der Waals surface area contributed by atoms with Gasteiger partial charge in [-0.05, 0) is 37.1 Å². The molecule has 1 amide bonds. The number of halogens is 1. The molecule has 0 fully saturated rings. The lowest BCUT2D eigenvalue weighted by molar-refractivity contribution is -0.137. The van der Waals surface area contributed by atoms with Gasteiger partial charge in [-0.15, -0.1) is 0 Å². The lowest BCUT2D eigenvalue weighted by Crippen LogP contribution is -2.50. The lowest BCUT2D eigenvalue weighted by Gasteiger charge is -2.31. The summed E-state index contributed by atoms with van der Waals surface area (Å²) in [6.07, 6.45) is 0. The van der Waals surface area contributed by atoms with Crippen LogP contribution in [0.2, 0.25) is 0 Å². The topological polar surface area (TPSA) is 46.3 Å². The Labute approximate surface area is 130 Å². The Morgan fingerprint density at radius 1 is 1.18 bits per heavy atom. The number of hydrogen-bond acceptors (Lipinski definition) is 2. The summed E-state index contributed by atoms with van der Waals surface area (Å²) in [5.74, 6) is -0.481. The van der Waals surface area contributed by atoms with Gasteiger partial charge < -0.3 is 10.6 Å². The van der Waals surface area contributed by atoms with E-state index in [1.54, 1.807) is 24.0 Å². The third kappa shape index (κ3) is 3.52. The molecular weight excluding hydrogens is 279 g/mol. The SMILES string of the molecule is CCN(Cc1cccc(F)c1)C(=O)C(C)(N)c1ccccc1. The van der Waals surface area contributed by atoms with Gasteiger partial charge in [0, 0.05) is 13.1 Å². The maximum absolute atomic E-state index is 13.3. The van der Waals surface area contributed by atoms with Crippen LogP contribution < -0.4 is 5.73 Å². The van der Waals surface area contributed by atoms with E-state index in [1.807, 2.05) is 37.3 Å². The van der Waals surface area contributed by atoms with E-state index in [1.165, 1.54) is 12.1 Å². The number of likely N-dealkylation sites (N-methyl/N-ethyl adjacent to an activating group) is 1. The first-order valence-corrected chi connectivity index (χ1v) is 7.33. The average molecular weight is 300 g/mol. The zero-order valence-corrected chi connectivity index (χ0v) is 12.9. The molecule has 2 rings (SSSR count). The van der Waals surface area contributed by atoms with Crippen molar-refractivity contribution in [3.8, 4) is 0 Å². The third-order valence-corrected chi connectivity index (χ3v) is 3.75. The van der Waals surface area contributed by atoms with Crippen molar-refractivity contribution in [2.45, 2.75) is 25.9 Å². The maximum atomic E-state index is 13.3. The van der Waals surface area contributed by atoms with Crippen LogP contribution in [0, 0.1) is 5.82 Å². The third-order valence-electron chi connectivity index (χ3n) is 3.75. The number of hydrogen-bond donors (Lipinski definition) is 1. The second-order valence-corrected chi connectivity index (χ2v) is 5.52. The Morgan fingerprint density at radius 2 is 1.86 bits per heavy atom. The van der Waals surface area contributed by atoms with E-state index in [4.69, 9.17) is 5.73 Å². The van der Waals surface area contributed by atoms with Gasteiger partial charge >= 0.3 is 0 Å². The molecular formula is C18H21FN2O. The smallest absolute Gasteiger partial charge is 0.247 e. The molecule has 0 saturated heterocycles. The van der Waals surface area contributed by atoms with Crippen LogP contribution >= 0.6 is 0 Å². The first-order chi connectivity index (χ1) is 10.4. The zero-order chi connectivity index (χ0) is 16.2. The highest BCUT2D eigenvalue weighted by molar-refractivity contribution is 5.87. The molecule has 22 heavy (non-hydrogen) atoms. The van der Waals surface area contributed by atoms with Gasteiger partial charge in [0.2, 0.25) is 5.91 Å². The maximum Gasteiger partial charge on any atom is 0.247 e.